The maximum atomic E-state index is 12.2. The molecule has 0 radical (unpaired) electrons. The molecule has 0 heterocycles. The average Bonchev–Trinajstić information content (AvgIpc) is 2.55. The molecule has 0 unspecified atom stereocenters. The Balaban J connectivity index is 3.37. The molecule has 6 heteroatoms. The summed E-state index contributed by atoms with van der Waals surface area (Å²) < 4.78 is 10.0. The molecule has 0 aliphatic rings. The summed E-state index contributed by atoms with van der Waals surface area (Å²) in [5, 5.41) is 18.5. The molecule has 0 amide bonds. The number of nitriles is 2. The van der Waals surface area contributed by atoms with Crippen LogP contribution in [0.1, 0.15) is 25.3 Å². The van der Waals surface area contributed by atoms with Crippen molar-refractivity contribution in [3.63, 3.8) is 0 Å². The highest BCUT2D eigenvalue weighted by Crippen LogP contribution is 2.34. The lowest BCUT2D eigenvalue weighted by atomic mass is 9.76. The summed E-state index contributed by atoms with van der Waals surface area (Å²) in [7, 11) is 1.51. The van der Waals surface area contributed by atoms with Gasteiger partial charge >= 0.3 is 5.97 Å². The van der Waals surface area contributed by atoms with Gasteiger partial charge in [0, 0.05) is 5.92 Å². The number of carbonyl (C=O) groups is 2. The number of hydrogen-bond donors (Lipinski definition) is 0. The first-order valence-corrected chi connectivity index (χ1v) is 7.10. The average molecular weight is 314 g/mol. The van der Waals surface area contributed by atoms with Crippen LogP contribution in [0, 0.1) is 34.5 Å². The van der Waals surface area contributed by atoms with Gasteiger partial charge in [-0.15, -0.1) is 0 Å². The number of esters is 1. The van der Waals surface area contributed by atoms with Crippen LogP contribution in [0.2, 0.25) is 0 Å². The molecule has 2 atom stereocenters. The molecule has 0 fully saturated rings. The van der Waals surface area contributed by atoms with Crippen LogP contribution in [0.3, 0.4) is 0 Å². The number of carbonyl (C=O) groups excluding carboxylic acids is 2. The fraction of sp³-hybridized carbons (Fsp3) is 0.412. The Labute approximate surface area is 135 Å². The van der Waals surface area contributed by atoms with E-state index in [-0.39, 0.29) is 6.61 Å². The van der Waals surface area contributed by atoms with E-state index in [0.717, 1.165) is 0 Å². The van der Waals surface area contributed by atoms with Crippen LogP contribution < -0.4 is 4.74 Å². The highest BCUT2D eigenvalue weighted by Gasteiger charge is 2.40. The summed E-state index contributed by atoms with van der Waals surface area (Å²) in [6.45, 7) is 3.00. The predicted molar refractivity (Wildman–Crippen MR) is 81.3 cm³/mol. The second-order valence-electron chi connectivity index (χ2n) is 4.88. The number of hydrogen-bond acceptors (Lipinski definition) is 6. The molecule has 1 aromatic carbocycles. The largest absolute Gasteiger partial charge is 0.497 e. The van der Waals surface area contributed by atoms with Crippen LogP contribution in [-0.4, -0.2) is 25.5 Å². The predicted octanol–water partition coefficient (Wildman–Crippen LogP) is 2.21. The van der Waals surface area contributed by atoms with Crippen LogP contribution in [-0.2, 0) is 14.3 Å². The van der Waals surface area contributed by atoms with Crippen LogP contribution in [0.5, 0.6) is 5.75 Å². The zero-order chi connectivity index (χ0) is 17.4. The van der Waals surface area contributed by atoms with Gasteiger partial charge in [0.2, 0.25) is 0 Å². The summed E-state index contributed by atoms with van der Waals surface area (Å²) in [5.74, 6) is -3.83. The molecular formula is C17H18N2O4. The van der Waals surface area contributed by atoms with Gasteiger partial charge in [-0.05, 0) is 31.5 Å². The van der Waals surface area contributed by atoms with Crippen molar-refractivity contribution in [1.29, 1.82) is 10.5 Å². The molecule has 23 heavy (non-hydrogen) atoms. The molecule has 0 bridgehead atoms. The molecule has 0 N–H and O–H groups in total. The standard InChI is InChI=1S/C17H18N2O4/c1-4-23-17(21)15(11(2)20)16(13(9-18)10-19)12-5-7-14(22-3)8-6-12/h5-8,13,15-16H,4H2,1-3H3/t15-,16+/m1/s1. The zero-order valence-corrected chi connectivity index (χ0v) is 13.3. The molecular weight excluding hydrogens is 296 g/mol. The van der Waals surface area contributed by atoms with Gasteiger partial charge in [0.15, 0.2) is 0 Å². The minimum Gasteiger partial charge on any atom is -0.497 e. The molecule has 1 aromatic rings. The first kappa shape index (κ1) is 18.2. The summed E-state index contributed by atoms with van der Waals surface area (Å²) in [6, 6.07) is 10.3. The number of ketones is 1. The lowest BCUT2D eigenvalue weighted by Gasteiger charge is -2.24. The summed E-state index contributed by atoms with van der Waals surface area (Å²) >= 11 is 0. The lowest BCUT2D eigenvalue weighted by Crippen LogP contribution is -2.33. The van der Waals surface area contributed by atoms with Gasteiger partial charge in [0.25, 0.3) is 0 Å². The van der Waals surface area contributed by atoms with Crippen molar-refractivity contribution in [2.24, 2.45) is 11.8 Å². The third kappa shape index (κ3) is 4.31. The van der Waals surface area contributed by atoms with Crippen LogP contribution >= 0.6 is 0 Å². The molecule has 0 spiro atoms. The number of rotatable bonds is 7. The first-order chi connectivity index (χ1) is 11.0. The van der Waals surface area contributed by atoms with E-state index in [1.807, 2.05) is 12.1 Å². The Morgan fingerprint density at radius 3 is 2.13 bits per heavy atom. The van der Waals surface area contributed by atoms with Gasteiger partial charge in [0.1, 0.15) is 23.4 Å². The van der Waals surface area contributed by atoms with E-state index in [0.29, 0.717) is 11.3 Å². The summed E-state index contributed by atoms with van der Waals surface area (Å²) in [5.41, 5.74) is 0.534. The molecule has 0 saturated heterocycles. The third-order valence-corrected chi connectivity index (χ3v) is 3.48. The second-order valence-corrected chi connectivity index (χ2v) is 4.88. The zero-order valence-electron chi connectivity index (χ0n) is 13.3. The Morgan fingerprint density at radius 1 is 1.17 bits per heavy atom. The highest BCUT2D eigenvalue weighted by atomic mass is 16.5. The van der Waals surface area contributed by atoms with E-state index in [2.05, 4.69) is 0 Å². The lowest BCUT2D eigenvalue weighted by molar-refractivity contribution is -0.152. The van der Waals surface area contributed by atoms with Gasteiger partial charge in [0.05, 0.1) is 25.9 Å². The van der Waals surface area contributed by atoms with Crippen molar-refractivity contribution in [3.8, 4) is 17.9 Å². The van der Waals surface area contributed by atoms with Gasteiger partial charge in [-0.25, -0.2) is 0 Å². The minimum absolute atomic E-state index is 0.113. The molecule has 1 rings (SSSR count). The highest BCUT2D eigenvalue weighted by molar-refractivity contribution is 5.99. The monoisotopic (exact) mass is 314 g/mol. The van der Waals surface area contributed by atoms with E-state index in [1.165, 1.54) is 14.0 Å². The summed E-state index contributed by atoms with van der Waals surface area (Å²) in [6.07, 6.45) is 0. The maximum Gasteiger partial charge on any atom is 0.317 e. The van der Waals surface area contributed by atoms with E-state index in [1.54, 1.807) is 31.2 Å². The van der Waals surface area contributed by atoms with Crippen molar-refractivity contribution < 1.29 is 19.1 Å². The van der Waals surface area contributed by atoms with E-state index in [4.69, 9.17) is 9.47 Å². The molecule has 0 aliphatic heterocycles. The van der Waals surface area contributed by atoms with Gasteiger partial charge in [-0.1, -0.05) is 12.1 Å². The first-order valence-electron chi connectivity index (χ1n) is 7.10. The van der Waals surface area contributed by atoms with Gasteiger partial charge < -0.3 is 9.47 Å². The molecule has 6 nitrogen and oxygen atoms in total. The molecule has 120 valence electrons. The molecule has 0 aromatic heterocycles. The molecule has 0 aliphatic carbocycles. The van der Waals surface area contributed by atoms with Crippen molar-refractivity contribution in [1.82, 2.24) is 0 Å². The van der Waals surface area contributed by atoms with E-state index >= 15 is 0 Å². The normalized spacial score (nSPS) is 12.6. The topological polar surface area (TPSA) is 100 Å². The SMILES string of the molecule is CCOC(=O)[C@H](C(C)=O)[C@@H](c1ccc(OC)cc1)C(C#N)C#N. The Morgan fingerprint density at radius 2 is 1.74 bits per heavy atom. The van der Waals surface area contributed by atoms with E-state index in [9.17, 15) is 20.1 Å². The Bertz CT molecular complexity index is 626. The number of methoxy groups -OCH3 is 1. The summed E-state index contributed by atoms with van der Waals surface area (Å²) in [4.78, 5) is 24.2. The van der Waals surface area contributed by atoms with Gasteiger partial charge in [-0.2, -0.15) is 10.5 Å². The Hall–Kier alpha value is -2.86. The minimum atomic E-state index is -1.20. The molecule has 0 saturated carbocycles. The van der Waals surface area contributed by atoms with E-state index < -0.39 is 29.5 Å². The van der Waals surface area contributed by atoms with Crippen molar-refractivity contribution in [2.75, 3.05) is 13.7 Å². The number of Topliss-reactive ketones (excluding diaryl/α,β-unsaturated/α-hetero) is 1. The quantitative estimate of drug-likeness (QED) is 0.565. The smallest absolute Gasteiger partial charge is 0.317 e. The number of nitrogens with zero attached hydrogens (tertiary/aromatic N) is 2. The fourth-order valence-corrected chi connectivity index (χ4v) is 2.39. The maximum absolute atomic E-state index is 12.2. The van der Waals surface area contributed by atoms with Crippen molar-refractivity contribution in [2.45, 2.75) is 19.8 Å². The second kappa shape index (κ2) is 8.55. The van der Waals surface area contributed by atoms with Gasteiger partial charge in [-0.3, -0.25) is 9.59 Å². The van der Waals surface area contributed by atoms with Crippen LogP contribution in [0.15, 0.2) is 24.3 Å². The van der Waals surface area contributed by atoms with Crippen molar-refractivity contribution >= 4 is 11.8 Å². The van der Waals surface area contributed by atoms with Crippen LogP contribution in [0.25, 0.3) is 0 Å². The number of benzene rings is 1. The number of ether oxygens (including phenoxy) is 2. The third-order valence-electron chi connectivity index (χ3n) is 3.48. The Kier molecular flexibility index (Phi) is 6.76. The van der Waals surface area contributed by atoms with Crippen LogP contribution in [0.4, 0.5) is 0 Å². The fourth-order valence-electron chi connectivity index (χ4n) is 2.39. The van der Waals surface area contributed by atoms with Crippen molar-refractivity contribution in [3.05, 3.63) is 29.8 Å².